The molecule has 1 aliphatic rings. The predicted octanol–water partition coefficient (Wildman–Crippen LogP) is 4.21. The maximum absolute atomic E-state index is 9.99. The maximum atomic E-state index is 9.99. The number of phenolic OH excluding ortho intramolecular Hbond substituents is 1. The third kappa shape index (κ3) is 3.29. The molecule has 1 aromatic heterocycles. The van der Waals surface area contributed by atoms with E-state index in [1.807, 2.05) is 6.07 Å². The Kier molecular flexibility index (Phi) is 4.29. The van der Waals surface area contributed by atoms with Crippen molar-refractivity contribution in [1.82, 2.24) is 4.98 Å². The average Bonchev–Trinajstić information content (AvgIpc) is 2.88. The Morgan fingerprint density at radius 3 is 2.67 bits per heavy atom. The van der Waals surface area contributed by atoms with Crippen LogP contribution in [0, 0.1) is 5.92 Å². The normalized spacial score (nSPS) is 16.0. The molecular weight excluding hydrogens is 284 g/mol. The zero-order chi connectivity index (χ0) is 14.7. The molecule has 4 nitrogen and oxygen atoms in total. The van der Waals surface area contributed by atoms with Gasteiger partial charge < -0.3 is 15.5 Å². The molecule has 0 bridgehead atoms. The molecule has 3 N–H and O–H groups in total. The zero-order valence-corrected chi connectivity index (χ0v) is 12.7. The number of phenols is 1. The summed E-state index contributed by atoms with van der Waals surface area (Å²) in [6.45, 7) is 0.910. The molecule has 3 rings (SSSR count). The van der Waals surface area contributed by atoms with E-state index in [2.05, 4.69) is 10.3 Å². The van der Waals surface area contributed by atoms with Crippen molar-refractivity contribution in [2.75, 3.05) is 11.9 Å². The highest BCUT2D eigenvalue weighted by Crippen LogP contribution is 2.41. The molecule has 0 aliphatic heterocycles. The van der Waals surface area contributed by atoms with Crippen molar-refractivity contribution in [2.45, 2.75) is 32.1 Å². The molecule has 1 fully saturated rings. The number of aromatic hydroxyl groups is 2. The first-order chi connectivity index (χ1) is 10.2. The van der Waals surface area contributed by atoms with Gasteiger partial charge in [0.2, 0.25) is 5.88 Å². The molecule has 112 valence electrons. The Bertz CT molecular complexity index is 606. The average molecular weight is 304 g/mol. The van der Waals surface area contributed by atoms with Gasteiger partial charge in [0.25, 0.3) is 0 Å². The summed E-state index contributed by atoms with van der Waals surface area (Å²) >= 11 is 1.38. The van der Waals surface area contributed by atoms with Gasteiger partial charge in [-0.15, -0.1) is 0 Å². The van der Waals surface area contributed by atoms with Crippen LogP contribution >= 0.6 is 11.3 Å². The van der Waals surface area contributed by atoms with Crippen molar-refractivity contribution in [3.8, 4) is 22.1 Å². The molecule has 0 amide bonds. The molecule has 0 spiro atoms. The lowest BCUT2D eigenvalue weighted by atomic mass is 9.89. The molecule has 1 aromatic carbocycles. The second-order valence-corrected chi connectivity index (χ2v) is 6.57. The van der Waals surface area contributed by atoms with Crippen molar-refractivity contribution in [3.63, 3.8) is 0 Å². The summed E-state index contributed by atoms with van der Waals surface area (Å²) < 4.78 is 0. The number of para-hydroxylation sites is 1. The van der Waals surface area contributed by atoms with Crippen LogP contribution in [0.25, 0.3) is 10.4 Å². The van der Waals surface area contributed by atoms with E-state index in [1.165, 1.54) is 43.4 Å². The van der Waals surface area contributed by atoms with Crippen LogP contribution in [0.4, 0.5) is 5.13 Å². The van der Waals surface area contributed by atoms with Crippen LogP contribution in [0.1, 0.15) is 32.1 Å². The van der Waals surface area contributed by atoms with Crippen molar-refractivity contribution in [1.29, 1.82) is 0 Å². The van der Waals surface area contributed by atoms with E-state index in [0.717, 1.165) is 11.7 Å². The Labute approximate surface area is 128 Å². The lowest BCUT2D eigenvalue weighted by molar-refractivity contribution is 0.373. The van der Waals surface area contributed by atoms with Crippen LogP contribution < -0.4 is 5.32 Å². The molecule has 2 aromatic rings. The SMILES string of the molecule is Oc1ccccc1-c1sc(NCC2CCCCC2)nc1O. The fourth-order valence-electron chi connectivity index (χ4n) is 2.85. The highest BCUT2D eigenvalue weighted by atomic mass is 32.1. The highest BCUT2D eigenvalue weighted by molar-refractivity contribution is 7.19. The Morgan fingerprint density at radius 2 is 1.90 bits per heavy atom. The smallest absolute Gasteiger partial charge is 0.232 e. The number of thiazole rings is 1. The van der Waals surface area contributed by atoms with Gasteiger partial charge in [-0.1, -0.05) is 42.7 Å². The number of hydrogen-bond acceptors (Lipinski definition) is 5. The van der Waals surface area contributed by atoms with Gasteiger partial charge in [0.05, 0.1) is 0 Å². The van der Waals surface area contributed by atoms with Crippen molar-refractivity contribution in [3.05, 3.63) is 24.3 Å². The van der Waals surface area contributed by atoms with E-state index >= 15 is 0 Å². The van der Waals surface area contributed by atoms with Crippen LogP contribution in [0.5, 0.6) is 11.6 Å². The summed E-state index contributed by atoms with van der Waals surface area (Å²) in [5, 5.41) is 23.9. The van der Waals surface area contributed by atoms with Crippen LogP contribution in [0.3, 0.4) is 0 Å². The van der Waals surface area contributed by atoms with Gasteiger partial charge in [0.1, 0.15) is 10.6 Å². The summed E-state index contributed by atoms with van der Waals surface area (Å²) in [5.41, 5.74) is 0.623. The summed E-state index contributed by atoms with van der Waals surface area (Å²) in [6, 6.07) is 7.00. The summed E-state index contributed by atoms with van der Waals surface area (Å²) in [5.74, 6) is 0.848. The summed E-state index contributed by atoms with van der Waals surface area (Å²) in [4.78, 5) is 4.77. The Balaban J connectivity index is 1.71. The zero-order valence-electron chi connectivity index (χ0n) is 11.9. The number of benzene rings is 1. The number of rotatable bonds is 4. The topological polar surface area (TPSA) is 65.4 Å². The van der Waals surface area contributed by atoms with Crippen LogP contribution in [-0.2, 0) is 0 Å². The number of nitrogens with zero attached hydrogens (tertiary/aromatic N) is 1. The van der Waals surface area contributed by atoms with E-state index in [4.69, 9.17) is 0 Å². The highest BCUT2D eigenvalue weighted by Gasteiger charge is 2.17. The lowest BCUT2D eigenvalue weighted by Crippen LogP contribution is -2.16. The number of aromatic nitrogens is 1. The molecule has 0 saturated heterocycles. The summed E-state index contributed by atoms with van der Waals surface area (Å²) in [7, 11) is 0. The van der Waals surface area contributed by atoms with Gasteiger partial charge in [-0.3, -0.25) is 0 Å². The molecule has 1 heterocycles. The van der Waals surface area contributed by atoms with Crippen molar-refractivity contribution >= 4 is 16.5 Å². The summed E-state index contributed by atoms with van der Waals surface area (Å²) in [6.07, 6.45) is 6.54. The molecule has 1 saturated carbocycles. The molecule has 0 atom stereocenters. The van der Waals surface area contributed by atoms with Crippen LogP contribution in [0.15, 0.2) is 24.3 Å². The first-order valence-electron chi connectivity index (χ1n) is 7.46. The third-order valence-corrected chi connectivity index (χ3v) is 5.06. The van der Waals surface area contributed by atoms with Gasteiger partial charge in [0, 0.05) is 12.1 Å². The molecular formula is C16H20N2O2S. The second-order valence-electron chi connectivity index (χ2n) is 5.57. The number of hydrogen-bond donors (Lipinski definition) is 3. The fraction of sp³-hybridized carbons (Fsp3) is 0.438. The Morgan fingerprint density at radius 1 is 1.14 bits per heavy atom. The third-order valence-electron chi connectivity index (χ3n) is 4.02. The molecule has 0 radical (unpaired) electrons. The van der Waals surface area contributed by atoms with Crippen molar-refractivity contribution < 1.29 is 10.2 Å². The van der Waals surface area contributed by atoms with Crippen molar-refractivity contribution in [2.24, 2.45) is 5.92 Å². The minimum atomic E-state index is -0.0207. The maximum Gasteiger partial charge on any atom is 0.232 e. The van der Waals surface area contributed by atoms with Gasteiger partial charge >= 0.3 is 0 Å². The fourth-order valence-corrected chi connectivity index (χ4v) is 3.75. The largest absolute Gasteiger partial charge is 0.507 e. The number of anilines is 1. The monoisotopic (exact) mass is 304 g/mol. The van der Waals surface area contributed by atoms with Crippen LogP contribution in [0.2, 0.25) is 0 Å². The molecule has 1 aliphatic carbocycles. The van der Waals surface area contributed by atoms with Crippen LogP contribution in [-0.4, -0.2) is 21.7 Å². The van der Waals surface area contributed by atoms with E-state index < -0.39 is 0 Å². The Hall–Kier alpha value is -1.75. The van der Waals surface area contributed by atoms with E-state index in [1.54, 1.807) is 18.2 Å². The first-order valence-corrected chi connectivity index (χ1v) is 8.27. The van der Waals surface area contributed by atoms with E-state index in [9.17, 15) is 10.2 Å². The molecule has 21 heavy (non-hydrogen) atoms. The lowest BCUT2D eigenvalue weighted by Gasteiger charge is -2.21. The standard InChI is InChI=1S/C16H20N2O2S/c19-13-9-5-4-8-12(13)14-15(20)18-16(21-14)17-10-11-6-2-1-3-7-11/h4-5,8-9,11,19-20H,1-3,6-7,10H2,(H,17,18). The molecule has 0 unspecified atom stereocenters. The van der Waals surface area contributed by atoms with Gasteiger partial charge in [-0.2, -0.15) is 4.98 Å². The van der Waals surface area contributed by atoms with Gasteiger partial charge in [-0.05, 0) is 30.9 Å². The van der Waals surface area contributed by atoms with E-state index in [0.29, 0.717) is 16.4 Å². The minimum Gasteiger partial charge on any atom is -0.507 e. The minimum absolute atomic E-state index is 0.0207. The van der Waals surface area contributed by atoms with E-state index in [-0.39, 0.29) is 11.6 Å². The first kappa shape index (κ1) is 14.2. The number of nitrogens with one attached hydrogen (secondary N) is 1. The predicted molar refractivity (Wildman–Crippen MR) is 85.9 cm³/mol. The van der Waals surface area contributed by atoms with Gasteiger partial charge in [0.15, 0.2) is 5.13 Å². The molecule has 5 heteroatoms. The second kappa shape index (κ2) is 6.35. The quantitative estimate of drug-likeness (QED) is 0.791. The van der Waals surface area contributed by atoms with Gasteiger partial charge in [-0.25, -0.2) is 0 Å².